The second-order valence-corrected chi connectivity index (χ2v) is 5.26. The molecule has 0 heterocycles. The molecule has 0 aliphatic carbocycles. The summed E-state index contributed by atoms with van der Waals surface area (Å²) >= 11 is 3.24. The van der Waals surface area contributed by atoms with Crippen LogP contribution in [0.1, 0.15) is 19.4 Å². The second-order valence-electron chi connectivity index (χ2n) is 4.34. The number of nitro benzene ring substituents is 1. The molecule has 1 rings (SSSR count). The Morgan fingerprint density at radius 3 is 2.62 bits per heavy atom. The predicted molar refractivity (Wildman–Crippen MR) is 67.6 cm³/mol. The predicted octanol–water partition coefficient (Wildman–Crippen LogP) is 2.90. The maximum absolute atomic E-state index is 10.9. The average Bonchev–Trinajstić information content (AvgIpc) is 2.20. The van der Waals surface area contributed by atoms with Crippen molar-refractivity contribution in [2.45, 2.75) is 25.8 Å². The highest BCUT2D eigenvalue weighted by atomic mass is 79.9. The zero-order valence-corrected chi connectivity index (χ0v) is 11.2. The Balaban J connectivity index is 3.09. The molecule has 4 nitrogen and oxygen atoms in total. The molecular formula is C11H15BrN2O2. The first-order valence-electron chi connectivity index (χ1n) is 4.97. The van der Waals surface area contributed by atoms with Crippen LogP contribution < -0.4 is 5.32 Å². The van der Waals surface area contributed by atoms with Gasteiger partial charge in [-0.1, -0.05) is 22.0 Å². The monoisotopic (exact) mass is 286 g/mol. The van der Waals surface area contributed by atoms with Gasteiger partial charge in [0.25, 0.3) is 5.69 Å². The minimum absolute atomic E-state index is 0.154. The first-order valence-corrected chi connectivity index (χ1v) is 5.77. The van der Waals surface area contributed by atoms with Crippen LogP contribution in [0.15, 0.2) is 22.7 Å². The van der Waals surface area contributed by atoms with Crippen LogP contribution in [0.5, 0.6) is 0 Å². The number of likely N-dealkylation sites (N-methyl/N-ethyl adjacent to an activating group) is 1. The third-order valence-electron chi connectivity index (χ3n) is 2.55. The van der Waals surface area contributed by atoms with Crippen LogP contribution in [-0.2, 0) is 6.42 Å². The smallest absolute Gasteiger partial charge is 0.273 e. The number of rotatable bonds is 4. The van der Waals surface area contributed by atoms with Crippen LogP contribution in [0, 0.1) is 10.1 Å². The summed E-state index contributed by atoms with van der Waals surface area (Å²) in [7, 11) is 1.85. The van der Waals surface area contributed by atoms with E-state index < -0.39 is 0 Å². The van der Waals surface area contributed by atoms with E-state index in [0.717, 1.165) is 10.0 Å². The van der Waals surface area contributed by atoms with Gasteiger partial charge in [0.1, 0.15) is 0 Å². The van der Waals surface area contributed by atoms with E-state index in [1.165, 1.54) is 0 Å². The van der Waals surface area contributed by atoms with Crippen molar-refractivity contribution in [3.05, 3.63) is 38.3 Å². The molecule has 0 aliphatic rings. The summed E-state index contributed by atoms with van der Waals surface area (Å²) in [6, 6.07) is 5.16. The lowest BCUT2D eigenvalue weighted by molar-refractivity contribution is -0.385. The lowest BCUT2D eigenvalue weighted by Gasteiger charge is -2.23. The van der Waals surface area contributed by atoms with Gasteiger partial charge in [-0.15, -0.1) is 0 Å². The van der Waals surface area contributed by atoms with Crippen molar-refractivity contribution in [1.29, 1.82) is 0 Å². The van der Waals surface area contributed by atoms with Gasteiger partial charge in [0, 0.05) is 21.6 Å². The topological polar surface area (TPSA) is 55.2 Å². The summed E-state index contributed by atoms with van der Waals surface area (Å²) in [6.07, 6.45) is 0.618. The van der Waals surface area contributed by atoms with E-state index >= 15 is 0 Å². The molecule has 0 aliphatic heterocycles. The van der Waals surface area contributed by atoms with E-state index in [0.29, 0.717) is 6.42 Å². The molecule has 0 saturated heterocycles. The minimum atomic E-state index is -0.341. The van der Waals surface area contributed by atoms with E-state index in [1.807, 2.05) is 27.0 Å². The minimum Gasteiger partial charge on any atom is -0.314 e. The lowest BCUT2D eigenvalue weighted by Crippen LogP contribution is -2.38. The van der Waals surface area contributed by atoms with Gasteiger partial charge in [-0.25, -0.2) is 0 Å². The fourth-order valence-corrected chi connectivity index (χ4v) is 1.77. The van der Waals surface area contributed by atoms with Gasteiger partial charge in [-0.05, 0) is 33.4 Å². The zero-order chi connectivity index (χ0) is 12.3. The molecule has 0 spiro atoms. The summed E-state index contributed by atoms with van der Waals surface area (Å²) in [4.78, 5) is 10.6. The van der Waals surface area contributed by atoms with E-state index in [2.05, 4.69) is 21.2 Å². The van der Waals surface area contributed by atoms with Crippen molar-refractivity contribution in [3.63, 3.8) is 0 Å². The first kappa shape index (κ1) is 13.1. The number of hydrogen-bond acceptors (Lipinski definition) is 3. The molecule has 1 N–H and O–H groups in total. The quantitative estimate of drug-likeness (QED) is 0.684. The fourth-order valence-electron chi connectivity index (χ4n) is 1.42. The molecule has 16 heavy (non-hydrogen) atoms. The maximum atomic E-state index is 10.9. The summed E-state index contributed by atoms with van der Waals surface area (Å²) in [6.45, 7) is 4.03. The van der Waals surface area contributed by atoms with Gasteiger partial charge < -0.3 is 5.32 Å². The summed E-state index contributed by atoms with van der Waals surface area (Å²) in [5.41, 5.74) is 0.753. The lowest BCUT2D eigenvalue weighted by atomic mass is 9.94. The van der Waals surface area contributed by atoms with Crippen molar-refractivity contribution in [2.75, 3.05) is 7.05 Å². The van der Waals surface area contributed by atoms with Gasteiger partial charge in [0.05, 0.1) is 4.92 Å². The summed E-state index contributed by atoms with van der Waals surface area (Å²) in [5, 5.41) is 14.0. The summed E-state index contributed by atoms with van der Waals surface area (Å²) in [5.74, 6) is 0. The molecule has 0 saturated carbocycles. The van der Waals surface area contributed by atoms with Crippen LogP contribution >= 0.6 is 15.9 Å². The average molecular weight is 287 g/mol. The van der Waals surface area contributed by atoms with Gasteiger partial charge in [-0.2, -0.15) is 0 Å². The molecule has 1 aromatic carbocycles. The molecular weight excluding hydrogens is 272 g/mol. The van der Waals surface area contributed by atoms with E-state index in [9.17, 15) is 10.1 Å². The first-order chi connectivity index (χ1) is 7.35. The van der Waals surface area contributed by atoms with Crippen LogP contribution in [0.25, 0.3) is 0 Å². The number of nitro groups is 1. The van der Waals surface area contributed by atoms with Gasteiger partial charge >= 0.3 is 0 Å². The highest BCUT2D eigenvalue weighted by Gasteiger charge is 2.22. The molecule has 0 aromatic heterocycles. The molecule has 0 amide bonds. The Morgan fingerprint density at radius 2 is 2.12 bits per heavy atom. The molecule has 0 unspecified atom stereocenters. The normalized spacial score (nSPS) is 11.5. The van der Waals surface area contributed by atoms with Crippen LogP contribution in [-0.4, -0.2) is 17.5 Å². The van der Waals surface area contributed by atoms with Crippen molar-refractivity contribution in [1.82, 2.24) is 5.32 Å². The Labute approximate surface area is 103 Å². The van der Waals surface area contributed by atoms with Crippen molar-refractivity contribution >= 4 is 21.6 Å². The number of nitrogens with zero attached hydrogens (tertiary/aromatic N) is 1. The molecule has 88 valence electrons. The summed E-state index contributed by atoms with van der Waals surface area (Å²) < 4.78 is 0.727. The third kappa shape index (κ3) is 3.28. The highest BCUT2D eigenvalue weighted by molar-refractivity contribution is 9.10. The van der Waals surface area contributed by atoms with Gasteiger partial charge in [0.15, 0.2) is 0 Å². The Hall–Kier alpha value is -0.940. The van der Waals surface area contributed by atoms with Crippen molar-refractivity contribution in [3.8, 4) is 0 Å². The number of halogens is 1. The molecule has 1 aromatic rings. The molecule has 0 radical (unpaired) electrons. The molecule has 5 heteroatoms. The van der Waals surface area contributed by atoms with E-state index in [1.54, 1.807) is 12.1 Å². The largest absolute Gasteiger partial charge is 0.314 e. The maximum Gasteiger partial charge on any atom is 0.273 e. The molecule has 0 bridgehead atoms. The van der Waals surface area contributed by atoms with Gasteiger partial charge in [0.2, 0.25) is 0 Å². The number of hydrogen-bond donors (Lipinski definition) is 1. The van der Waals surface area contributed by atoms with Crippen LogP contribution in [0.3, 0.4) is 0 Å². The van der Waals surface area contributed by atoms with E-state index in [-0.39, 0.29) is 16.1 Å². The Bertz CT molecular complexity index is 405. The number of nitrogens with one attached hydrogen (secondary N) is 1. The standard InChI is InChI=1S/C11H15BrN2O2/c1-11(2,13-3)7-8-4-5-9(12)6-10(8)14(15)16/h4-6,13H,7H2,1-3H3. The third-order valence-corrected chi connectivity index (χ3v) is 3.05. The van der Waals surface area contributed by atoms with Crippen LogP contribution in [0.4, 0.5) is 5.69 Å². The molecule has 0 atom stereocenters. The Morgan fingerprint density at radius 1 is 1.50 bits per heavy atom. The fraction of sp³-hybridized carbons (Fsp3) is 0.455. The van der Waals surface area contributed by atoms with Gasteiger partial charge in [-0.3, -0.25) is 10.1 Å². The zero-order valence-electron chi connectivity index (χ0n) is 9.58. The second kappa shape index (κ2) is 4.93. The van der Waals surface area contributed by atoms with E-state index in [4.69, 9.17) is 0 Å². The number of benzene rings is 1. The van der Waals surface area contributed by atoms with Crippen LogP contribution in [0.2, 0.25) is 0 Å². The SMILES string of the molecule is CNC(C)(C)Cc1ccc(Br)cc1[N+](=O)[O-]. The van der Waals surface area contributed by atoms with Crippen molar-refractivity contribution < 1.29 is 4.92 Å². The molecule has 0 fully saturated rings. The highest BCUT2D eigenvalue weighted by Crippen LogP contribution is 2.26. The Kier molecular flexibility index (Phi) is 4.04. The van der Waals surface area contributed by atoms with Crippen molar-refractivity contribution in [2.24, 2.45) is 0 Å².